The number of rotatable bonds is 3. The fourth-order valence-electron chi connectivity index (χ4n) is 4.77. The van der Waals surface area contributed by atoms with E-state index in [0.717, 1.165) is 57.4 Å². The van der Waals surface area contributed by atoms with Crippen molar-refractivity contribution < 1.29 is 14.7 Å². The van der Waals surface area contributed by atoms with Crippen molar-refractivity contribution in [1.82, 2.24) is 19.8 Å². The first kappa shape index (κ1) is 19.4. The van der Waals surface area contributed by atoms with E-state index in [4.69, 9.17) is 0 Å². The molecule has 0 aliphatic carbocycles. The lowest BCUT2D eigenvalue weighted by molar-refractivity contribution is 0.140. The Morgan fingerprint density at radius 1 is 1.29 bits per heavy atom. The smallest absolute Gasteiger partial charge is 0.407 e. The molecule has 2 aromatic heterocycles. The molecular formula is C23H25N5O3. The summed E-state index contributed by atoms with van der Waals surface area (Å²) in [5.41, 5.74) is 6.52. The molecule has 2 aliphatic rings. The molecule has 3 aromatic rings. The number of urea groups is 1. The predicted octanol–water partition coefficient (Wildman–Crippen LogP) is 4.72. The number of carboxylic acid groups (broad SMARTS) is 1. The second-order valence-electron chi connectivity index (χ2n) is 8.26. The zero-order valence-electron chi connectivity index (χ0n) is 17.6. The summed E-state index contributed by atoms with van der Waals surface area (Å²) in [6.07, 6.45) is 4.45. The molecule has 1 aromatic carbocycles. The SMILES string of the molecule is CCN1Cc2c(cc(-c3cnc4[nH]cc(C)c4c3)cc2C2CCCN2C(=O)O)NC1=O. The van der Waals surface area contributed by atoms with E-state index in [0.29, 0.717) is 19.6 Å². The number of fused-ring (bicyclic) bond motifs is 2. The monoisotopic (exact) mass is 419 g/mol. The van der Waals surface area contributed by atoms with Crippen LogP contribution in [0.2, 0.25) is 0 Å². The molecule has 8 nitrogen and oxygen atoms in total. The topological polar surface area (TPSA) is 102 Å². The molecule has 31 heavy (non-hydrogen) atoms. The summed E-state index contributed by atoms with van der Waals surface area (Å²) >= 11 is 0. The normalized spacial score (nSPS) is 18.4. The third-order valence-corrected chi connectivity index (χ3v) is 6.47. The van der Waals surface area contributed by atoms with Crippen LogP contribution >= 0.6 is 0 Å². The van der Waals surface area contributed by atoms with Crippen LogP contribution in [0.3, 0.4) is 0 Å². The van der Waals surface area contributed by atoms with Crippen LogP contribution in [0.1, 0.15) is 42.5 Å². The highest BCUT2D eigenvalue weighted by atomic mass is 16.4. The first-order valence-corrected chi connectivity index (χ1v) is 10.6. The van der Waals surface area contributed by atoms with Gasteiger partial charge >= 0.3 is 12.1 Å². The molecule has 4 heterocycles. The Bertz CT molecular complexity index is 1200. The Balaban J connectivity index is 1.68. The van der Waals surface area contributed by atoms with E-state index in [2.05, 4.69) is 27.4 Å². The minimum Gasteiger partial charge on any atom is -0.465 e. The molecule has 1 atom stereocenters. The standard InChI is InChI=1S/C23H25N5O3/c1-3-27-12-18-17(20-5-4-6-28(20)23(30)31)7-14(9-19(18)26-22(27)29)15-8-16-13(2)10-24-21(16)25-11-15/h7-11,20H,3-6,12H2,1-2H3,(H,24,25)(H,26,29)(H,30,31). The fourth-order valence-corrected chi connectivity index (χ4v) is 4.77. The number of likely N-dealkylation sites (tertiary alicyclic amines) is 1. The van der Waals surface area contributed by atoms with Gasteiger partial charge in [0.2, 0.25) is 0 Å². The zero-order chi connectivity index (χ0) is 21.7. The van der Waals surface area contributed by atoms with Crippen LogP contribution in [0, 0.1) is 6.92 Å². The van der Waals surface area contributed by atoms with Crippen molar-refractivity contribution in [1.29, 1.82) is 0 Å². The molecule has 8 heteroatoms. The summed E-state index contributed by atoms with van der Waals surface area (Å²) in [7, 11) is 0. The van der Waals surface area contributed by atoms with Gasteiger partial charge in [0.05, 0.1) is 6.04 Å². The van der Waals surface area contributed by atoms with Crippen LogP contribution in [-0.2, 0) is 6.54 Å². The molecule has 3 N–H and O–H groups in total. The lowest BCUT2D eigenvalue weighted by Crippen LogP contribution is -2.39. The van der Waals surface area contributed by atoms with E-state index in [1.54, 1.807) is 4.90 Å². The zero-order valence-corrected chi connectivity index (χ0v) is 17.6. The first-order chi connectivity index (χ1) is 15.0. The quantitative estimate of drug-likeness (QED) is 0.572. The van der Waals surface area contributed by atoms with Gasteiger partial charge in [0.25, 0.3) is 0 Å². The average Bonchev–Trinajstić information content (AvgIpc) is 3.39. The molecule has 3 amide bonds. The number of pyridine rings is 1. The predicted molar refractivity (Wildman–Crippen MR) is 118 cm³/mol. The molecule has 160 valence electrons. The largest absolute Gasteiger partial charge is 0.465 e. The number of aromatic amines is 1. The van der Waals surface area contributed by atoms with Gasteiger partial charge in [0.15, 0.2) is 0 Å². The molecule has 2 aliphatic heterocycles. The first-order valence-electron chi connectivity index (χ1n) is 10.6. The van der Waals surface area contributed by atoms with Crippen LogP contribution in [0.4, 0.5) is 15.3 Å². The third-order valence-electron chi connectivity index (χ3n) is 6.47. The summed E-state index contributed by atoms with van der Waals surface area (Å²) in [6, 6.07) is 5.81. The summed E-state index contributed by atoms with van der Waals surface area (Å²) in [6.45, 7) is 5.57. The Hall–Kier alpha value is -3.55. The Morgan fingerprint density at radius 2 is 2.13 bits per heavy atom. The molecule has 0 radical (unpaired) electrons. The van der Waals surface area contributed by atoms with E-state index in [-0.39, 0.29) is 12.1 Å². The number of anilines is 1. The maximum absolute atomic E-state index is 12.5. The number of nitrogens with one attached hydrogen (secondary N) is 2. The van der Waals surface area contributed by atoms with Gasteiger partial charge in [-0.05, 0) is 61.6 Å². The Labute approximate surface area is 179 Å². The van der Waals surface area contributed by atoms with E-state index in [1.165, 1.54) is 4.90 Å². The van der Waals surface area contributed by atoms with Gasteiger partial charge in [-0.25, -0.2) is 14.6 Å². The summed E-state index contributed by atoms with van der Waals surface area (Å²) in [5.74, 6) is 0. The van der Waals surface area contributed by atoms with Crippen molar-refractivity contribution in [3.8, 4) is 11.1 Å². The Kier molecular flexibility index (Phi) is 4.57. The highest BCUT2D eigenvalue weighted by Gasteiger charge is 2.34. The summed E-state index contributed by atoms with van der Waals surface area (Å²) in [4.78, 5) is 35.4. The molecule has 1 unspecified atom stereocenters. The lowest BCUT2D eigenvalue weighted by atomic mass is 9.91. The summed E-state index contributed by atoms with van der Waals surface area (Å²) < 4.78 is 0. The molecule has 0 bridgehead atoms. The second kappa shape index (κ2) is 7.30. The Morgan fingerprint density at radius 3 is 2.90 bits per heavy atom. The van der Waals surface area contributed by atoms with Crippen molar-refractivity contribution in [3.63, 3.8) is 0 Å². The maximum atomic E-state index is 12.5. The number of H-pyrrole nitrogens is 1. The third kappa shape index (κ3) is 3.19. The van der Waals surface area contributed by atoms with Gasteiger partial charge in [-0.3, -0.25) is 0 Å². The van der Waals surface area contributed by atoms with Crippen molar-refractivity contribution in [2.45, 2.75) is 39.3 Å². The van der Waals surface area contributed by atoms with Crippen molar-refractivity contribution >= 4 is 28.8 Å². The van der Waals surface area contributed by atoms with E-state index in [9.17, 15) is 14.7 Å². The molecule has 0 spiro atoms. The van der Waals surface area contributed by atoms with Gasteiger partial charge < -0.3 is 25.2 Å². The van der Waals surface area contributed by atoms with Gasteiger partial charge in [-0.15, -0.1) is 0 Å². The molecule has 5 rings (SSSR count). The minimum absolute atomic E-state index is 0.130. The van der Waals surface area contributed by atoms with Crippen molar-refractivity contribution in [2.75, 3.05) is 18.4 Å². The number of carbonyl (C=O) groups is 2. The number of carbonyl (C=O) groups excluding carboxylic acids is 1. The minimum atomic E-state index is -0.903. The number of nitrogens with zero attached hydrogens (tertiary/aromatic N) is 3. The van der Waals surface area contributed by atoms with E-state index >= 15 is 0 Å². The van der Waals surface area contributed by atoms with Crippen molar-refractivity contribution in [3.05, 3.63) is 47.3 Å². The molecule has 1 saturated heterocycles. The van der Waals surface area contributed by atoms with E-state index < -0.39 is 6.09 Å². The van der Waals surface area contributed by atoms with Crippen LogP contribution in [-0.4, -0.2) is 50.1 Å². The lowest BCUT2D eigenvalue weighted by Gasteiger charge is -2.33. The van der Waals surface area contributed by atoms with Crippen LogP contribution in [0.15, 0.2) is 30.6 Å². The molecular weight excluding hydrogens is 394 g/mol. The second-order valence-corrected chi connectivity index (χ2v) is 8.26. The number of hydrogen-bond donors (Lipinski definition) is 3. The van der Waals surface area contributed by atoms with E-state index in [1.807, 2.05) is 32.3 Å². The fraction of sp³-hybridized carbons (Fsp3) is 0.348. The van der Waals surface area contributed by atoms with Gasteiger partial charge in [-0.2, -0.15) is 0 Å². The number of benzene rings is 1. The van der Waals surface area contributed by atoms with Crippen LogP contribution in [0.5, 0.6) is 0 Å². The number of aryl methyl sites for hydroxylation is 1. The van der Waals surface area contributed by atoms with Crippen molar-refractivity contribution in [2.24, 2.45) is 0 Å². The molecule has 1 fully saturated rings. The number of aromatic nitrogens is 2. The number of amides is 3. The highest BCUT2D eigenvalue weighted by Crippen LogP contribution is 2.41. The van der Waals surface area contributed by atoms with Gasteiger partial charge in [-0.1, -0.05) is 0 Å². The summed E-state index contributed by atoms with van der Waals surface area (Å²) in [5, 5.41) is 13.8. The van der Waals surface area contributed by atoms with Crippen LogP contribution in [0.25, 0.3) is 22.2 Å². The average molecular weight is 419 g/mol. The van der Waals surface area contributed by atoms with Gasteiger partial charge in [0, 0.05) is 54.2 Å². The number of hydrogen-bond acceptors (Lipinski definition) is 3. The van der Waals surface area contributed by atoms with Crippen LogP contribution < -0.4 is 5.32 Å². The molecule has 0 saturated carbocycles. The highest BCUT2D eigenvalue weighted by molar-refractivity contribution is 5.94. The maximum Gasteiger partial charge on any atom is 0.407 e. The van der Waals surface area contributed by atoms with Gasteiger partial charge in [0.1, 0.15) is 5.65 Å².